The van der Waals surface area contributed by atoms with Crippen molar-refractivity contribution >= 4 is 39.4 Å². The summed E-state index contributed by atoms with van der Waals surface area (Å²) in [5.74, 6) is -3.90. The van der Waals surface area contributed by atoms with E-state index in [1.165, 1.54) is 19.2 Å². The van der Waals surface area contributed by atoms with Gasteiger partial charge in [-0.1, -0.05) is 47.1 Å². The van der Waals surface area contributed by atoms with E-state index >= 15 is 0 Å². The van der Waals surface area contributed by atoms with E-state index in [1.54, 1.807) is 42.5 Å². The Bertz CT molecular complexity index is 1410. The van der Waals surface area contributed by atoms with Gasteiger partial charge in [-0.3, -0.25) is 19.7 Å². The second-order valence-corrected chi connectivity index (χ2v) is 10.6. The molecule has 2 heterocycles. The summed E-state index contributed by atoms with van der Waals surface area (Å²) in [6, 6.07) is 17.8. The molecule has 3 N–H and O–H groups in total. The lowest BCUT2D eigenvalue weighted by Crippen LogP contribution is -2.57. The topological polar surface area (TPSA) is 116 Å². The van der Waals surface area contributed by atoms with Gasteiger partial charge in [-0.2, -0.15) is 0 Å². The molecule has 2 aliphatic rings. The number of nitrogens with one attached hydrogen (secondary N) is 1. The van der Waals surface area contributed by atoms with Gasteiger partial charge in [0.15, 0.2) is 0 Å². The van der Waals surface area contributed by atoms with Gasteiger partial charge < -0.3 is 14.9 Å². The van der Waals surface area contributed by atoms with Gasteiger partial charge in [0.25, 0.3) is 0 Å². The smallest absolute Gasteiger partial charge is 0.325 e. The summed E-state index contributed by atoms with van der Waals surface area (Å²) in [4.78, 5) is 42.3. The number of carboxylic acids is 1. The predicted octanol–water partition coefficient (Wildman–Crippen LogP) is 4.24. The fourth-order valence-corrected chi connectivity index (χ4v) is 6.10. The standard InChI is InChI=1S/C29H27BrN2O6/c1-3-16-4-9-19(10-5-16)32-26(34)23-24(27(32)35)29(28(36)37,15-17-6-11-20(33)12-7-17)31-25(23)21-14-18(30)8-13-22(21)38-2/h4-14,23-25,31,33H,3,15H2,1-2H3,(H,36,37). The van der Waals surface area contributed by atoms with Crippen LogP contribution in [0.3, 0.4) is 0 Å². The third-order valence-electron chi connectivity index (χ3n) is 7.58. The summed E-state index contributed by atoms with van der Waals surface area (Å²) in [7, 11) is 1.50. The summed E-state index contributed by atoms with van der Waals surface area (Å²) >= 11 is 3.47. The maximum atomic E-state index is 14.0. The number of imide groups is 1. The van der Waals surface area contributed by atoms with Gasteiger partial charge in [-0.05, 0) is 60.0 Å². The summed E-state index contributed by atoms with van der Waals surface area (Å²) in [5, 5.41) is 23.6. The molecule has 3 aromatic carbocycles. The number of aromatic hydroxyl groups is 1. The Balaban J connectivity index is 1.67. The maximum absolute atomic E-state index is 14.0. The zero-order valence-electron chi connectivity index (χ0n) is 20.8. The number of anilines is 1. The number of methoxy groups -OCH3 is 1. The minimum atomic E-state index is -1.79. The fraction of sp³-hybridized carbons (Fsp3) is 0.276. The largest absolute Gasteiger partial charge is 0.508 e. The average Bonchev–Trinajstić information content (AvgIpc) is 3.39. The normalized spacial score (nSPS) is 24.5. The first kappa shape index (κ1) is 25.9. The number of carbonyl (C=O) groups is 3. The van der Waals surface area contributed by atoms with Crippen molar-refractivity contribution in [3.8, 4) is 11.5 Å². The second-order valence-electron chi connectivity index (χ2n) is 9.66. The second kappa shape index (κ2) is 9.89. The van der Waals surface area contributed by atoms with Crippen LogP contribution >= 0.6 is 15.9 Å². The summed E-state index contributed by atoms with van der Waals surface area (Å²) < 4.78 is 6.30. The van der Waals surface area contributed by atoms with Gasteiger partial charge in [0.05, 0.1) is 24.6 Å². The van der Waals surface area contributed by atoms with Crippen molar-refractivity contribution in [2.24, 2.45) is 11.8 Å². The summed E-state index contributed by atoms with van der Waals surface area (Å²) in [6.45, 7) is 2.01. The van der Waals surface area contributed by atoms with Crippen LogP contribution in [-0.4, -0.2) is 40.6 Å². The highest BCUT2D eigenvalue weighted by Gasteiger charge is 2.69. The quantitative estimate of drug-likeness (QED) is 0.359. The Hall–Kier alpha value is -3.69. The minimum absolute atomic E-state index is 0.0425. The summed E-state index contributed by atoms with van der Waals surface area (Å²) in [6.07, 6.45) is 0.731. The Labute approximate surface area is 228 Å². The molecule has 4 atom stereocenters. The van der Waals surface area contributed by atoms with Gasteiger partial charge in [0.2, 0.25) is 11.8 Å². The average molecular weight is 579 g/mol. The zero-order chi connectivity index (χ0) is 27.2. The molecule has 0 aliphatic carbocycles. The molecule has 0 spiro atoms. The molecule has 0 bridgehead atoms. The zero-order valence-corrected chi connectivity index (χ0v) is 22.4. The molecule has 8 nitrogen and oxygen atoms in total. The number of halogens is 1. The number of nitrogens with zero attached hydrogens (tertiary/aromatic N) is 1. The molecular formula is C29H27BrN2O6. The van der Waals surface area contributed by atoms with Gasteiger partial charge >= 0.3 is 5.97 Å². The van der Waals surface area contributed by atoms with Crippen molar-refractivity contribution in [2.45, 2.75) is 31.3 Å². The van der Waals surface area contributed by atoms with Gasteiger partial charge in [-0.25, -0.2) is 4.90 Å². The monoisotopic (exact) mass is 578 g/mol. The van der Waals surface area contributed by atoms with E-state index in [-0.39, 0.29) is 12.2 Å². The van der Waals surface area contributed by atoms with E-state index in [1.807, 2.05) is 19.1 Å². The number of amides is 2. The van der Waals surface area contributed by atoms with Crippen LogP contribution < -0.4 is 15.0 Å². The molecule has 2 saturated heterocycles. The molecule has 0 saturated carbocycles. The third-order valence-corrected chi connectivity index (χ3v) is 8.08. The Morgan fingerprint density at radius 2 is 1.68 bits per heavy atom. The van der Waals surface area contributed by atoms with Crippen LogP contribution in [0.15, 0.2) is 71.2 Å². The molecule has 2 aliphatic heterocycles. The van der Waals surface area contributed by atoms with Crippen LogP contribution in [0.1, 0.15) is 29.7 Å². The number of phenolic OH excluding ortho intramolecular Hbond substituents is 1. The lowest BCUT2D eigenvalue weighted by molar-refractivity contribution is -0.148. The summed E-state index contributed by atoms with van der Waals surface area (Å²) in [5.41, 5.74) is 0.860. The van der Waals surface area contributed by atoms with Crippen LogP contribution in [-0.2, 0) is 27.2 Å². The van der Waals surface area contributed by atoms with E-state index in [2.05, 4.69) is 21.2 Å². The number of phenols is 1. The lowest BCUT2D eigenvalue weighted by atomic mass is 9.76. The molecule has 9 heteroatoms. The fourth-order valence-electron chi connectivity index (χ4n) is 5.72. The number of aliphatic carboxylic acids is 1. The van der Waals surface area contributed by atoms with Crippen LogP contribution in [0.25, 0.3) is 0 Å². The third kappa shape index (κ3) is 4.16. The van der Waals surface area contributed by atoms with Crippen LogP contribution in [0.4, 0.5) is 5.69 Å². The number of benzene rings is 3. The van der Waals surface area contributed by atoms with E-state index in [4.69, 9.17) is 4.74 Å². The molecule has 4 unspecified atom stereocenters. The number of rotatable bonds is 7. The van der Waals surface area contributed by atoms with Gasteiger partial charge in [0.1, 0.15) is 17.0 Å². The number of fused-ring (bicyclic) bond motifs is 1. The molecule has 0 radical (unpaired) electrons. The molecule has 3 aromatic rings. The van der Waals surface area contributed by atoms with E-state index in [9.17, 15) is 24.6 Å². The highest BCUT2D eigenvalue weighted by atomic mass is 79.9. The SMILES string of the molecule is CCc1ccc(N2C(=O)C3C(c4cc(Br)ccc4OC)NC(Cc4ccc(O)cc4)(C(=O)O)C3C2=O)cc1. The van der Waals surface area contributed by atoms with Crippen LogP contribution in [0.2, 0.25) is 0 Å². The van der Waals surface area contributed by atoms with Gasteiger partial charge in [0, 0.05) is 22.5 Å². The van der Waals surface area contributed by atoms with Gasteiger partial charge in [-0.15, -0.1) is 0 Å². The number of hydrogen-bond donors (Lipinski definition) is 3. The highest BCUT2D eigenvalue weighted by Crippen LogP contribution is 2.52. The van der Waals surface area contributed by atoms with Crippen molar-refractivity contribution in [1.29, 1.82) is 0 Å². The number of carbonyl (C=O) groups excluding carboxylic acids is 2. The molecular weight excluding hydrogens is 552 g/mol. The molecule has 196 valence electrons. The lowest BCUT2D eigenvalue weighted by Gasteiger charge is -2.31. The molecule has 5 rings (SSSR count). The number of ether oxygens (including phenoxy) is 1. The van der Waals surface area contributed by atoms with Crippen molar-refractivity contribution < 1.29 is 29.3 Å². The first-order valence-electron chi connectivity index (χ1n) is 12.3. The Kier molecular flexibility index (Phi) is 6.75. The van der Waals surface area contributed by atoms with E-state index < -0.39 is 41.2 Å². The molecule has 2 fully saturated rings. The van der Waals surface area contributed by atoms with Crippen molar-refractivity contribution in [1.82, 2.24) is 5.32 Å². The van der Waals surface area contributed by atoms with Crippen molar-refractivity contribution in [2.75, 3.05) is 12.0 Å². The molecule has 0 aromatic heterocycles. The van der Waals surface area contributed by atoms with E-state index in [0.29, 0.717) is 22.6 Å². The first-order chi connectivity index (χ1) is 18.2. The number of aryl methyl sites for hydroxylation is 1. The molecule has 2 amide bonds. The van der Waals surface area contributed by atoms with Crippen molar-refractivity contribution in [3.05, 3.63) is 87.9 Å². The van der Waals surface area contributed by atoms with Crippen LogP contribution in [0, 0.1) is 11.8 Å². The minimum Gasteiger partial charge on any atom is -0.508 e. The van der Waals surface area contributed by atoms with Crippen LogP contribution in [0.5, 0.6) is 11.5 Å². The number of carboxylic acid groups (broad SMARTS) is 1. The molecule has 38 heavy (non-hydrogen) atoms. The number of hydrogen-bond acceptors (Lipinski definition) is 6. The Morgan fingerprint density at radius 1 is 1.03 bits per heavy atom. The highest BCUT2D eigenvalue weighted by molar-refractivity contribution is 9.10. The van der Waals surface area contributed by atoms with E-state index in [0.717, 1.165) is 21.4 Å². The predicted molar refractivity (Wildman–Crippen MR) is 144 cm³/mol. The maximum Gasteiger partial charge on any atom is 0.325 e. The van der Waals surface area contributed by atoms with Crippen molar-refractivity contribution in [3.63, 3.8) is 0 Å². The Morgan fingerprint density at radius 3 is 2.29 bits per heavy atom. The first-order valence-corrected chi connectivity index (χ1v) is 13.1.